The average Bonchev–Trinajstić information content (AvgIpc) is 2.16. The van der Waals surface area contributed by atoms with Crippen LogP contribution in [0, 0.1) is 0 Å². The zero-order valence-electron chi connectivity index (χ0n) is 10.0. The van der Waals surface area contributed by atoms with E-state index >= 15 is 0 Å². The van der Waals surface area contributed by atoms with E-state index < -0.39 is 5.97 Å². The van der Waals surface area contributed by atoms with Crippen molar-refractivity contribution in [3.8, 4) is 0 Å². The van der Waals surface area contributed by atoms with E-state index in [1.807, 2.05) is 12.1 Å². The molecule has 1 rings (SSSR count). The number of nitrogens with zero attached hydrogens (tertiary/aromatic N) is 2. The van der Waals surface area contributed by atoms with Crippen molar-refractivity contribution in [2.24, 2.45) is 0 Å². The molecule has 0 saturated heterocycles. The molecule has 0 amide bonds. The minimum Gasteiger partial charge on any atom is -0.544 e. The van der Waals surface area contributed by atoms with E-state index in [2.05, 4.69) is 11.6 Å². The van der Waals surface area contributed by atoms with Crippen LogP contribution in [0.2, 0.25) is 0 Å². The summed E-state index contributed by atoms with van der Waals surface area (Å²) in [5.41, 5.74) is 1.11. The predicted octanol–water partition coefficient (Wildman–Crippen LogP) is 0.167. The lowest BCUT2D eigenvalue weighted by atomic mass is 10.3. The summed E-state index contributed by atoms with van der Waals surface area (Å²) in [5.74, 6) is -1.00. The normalized spacial score (nSPS) is 9.94. The Bertz CT molecular complexity index is 329. The van der Waals surface area contributed by atoms with E-state index in [-0.39, 0.29) is 6.54 Å². The van der Waals surface area contributed by atoms with E-state index in [1.165, 1.54) is 0 Å². The van der Waals surface area contributed by atoms with Gasteiger partial charge in [0.15, 0.2) is 0 Å². The highest BCUT2D eigenvalue weighted by Gasteiger charge is 2.04. The molecule has 4 heteroatoms. The molecule has 0 radical (unpaired) electrons. The quantitative estimate of drug-likeness (QED) is 0.685. The van der Waals surface area contributed by atoms with Crippen LogP contribution in [0.1, 0.15) is 5.56 Å². The van der Waals surface area contributed by atoms with Gasteiger partial charge in [0.2, 0.25) is 0 Å². The molecule has 0 atom stereocenters. The van der Waals surface area contributed by atoms with E-state index in [9.17, 15) is 9.90 Å². The zero-order valence-corrected chi connectivity index (χ0v) is 10.0. The van der Waals surface area contributed by atoms with E-state index in [4.69, 9.17) is 0 Å². The highest BCUT2D eigenvalue weighted by molar-refractivity contribution is 5.65. The number of carboxylic acid groups (broad SMARTS) is 1. The topological polar surface area (TPSA) is 53.0 Å². The second-order valence-corrected chi connectivity index (χ2v) is 4.31. The molecular formula is C12H18N2O2. The Morgan fingerprint density at radius 3 is 2.12 bits per heavy atom. The Morgan fingerprint density at radius 1 is 1.44 bits per heavy atom. The molecular weight excluding hydrogens is 204 g/mol. The van der Waals surface area contributed by atoms with E-state index in [0.29, 0.717) is 4.48 Å². The van der Waals surface area contributed by atoms with Gasteiger partial charge in [-0.15, -0.1) is 0 Å². The van der Waals surface area contributed by atoms with Crippen molar-refractivity contribution in [2.75, 3.05) is 27.7 Å². The SMILES string of the molecule is C=Cc1ccncc1.C[N+](C)(C)CC(=O)[O-]. The summed E-state index contributed by atoms with van der Waals surface area (Å²) >= 11 is 0. The highest BCUT2D eigenvalue weighted by atomic mass is 16.4. The van der Waals surface area contributed by atoms with Gasteiger partial charge in [0.1, 0.15) is 6.54 Å². The lowest BCUT2D eigenvalue weighted by Crippen LogP contribution is -2.45. The van der Waals surface area contributed by atoms with Crippen molar-refractivity contribution >= 4 is 12.0 Å². The first-order valence-corrected chi connectivity index (χ1v) is 4.88. The van der Waals surface area contributed by atoms with Gasteiger partial charge in [-0.1, -0.05) is 12.7 Å². The van der Waals surface area contributed by atoms with Crippen molar-refractivity contribution in [2.45, 2.75) is 0 Å². The summed E-state index contributed by atoms with van der Waals surface area (Å²) in [7, 11) is 5.40. The van der Waals surface area contributed by atoms with Gasteiger partial charge in [0.05, 0.1) is 27.1 Å². The summed E-state index contributed by atoms with van der Waals surface area (Å²) in [6.07, 6.45) is 5.29. The molecule has 1 aromatic rings. The highest BCUT2D eigenvalue weighted by Crippen LogP contribution is 1.95. The first kappa shape index (κ1) is 14.3. The Kier molecular flexibility index (Phi) is 6.03. The van der Waals surface area contributed by atoms with Crippen molar-refractivity contribution in [3.63, 3.8) is 0 Å². The van der Waals surface area contributed by atoms with Crippen LogP contribution in [-0.4, -0.2) is 43.1 Å². The van der Waals surface area contributed by atoms with Gasteiger partial charge >= 0.3 is 0 Å². The Balaban J connectivity index is 0.000000281. The van der Waals surface area contributed by atoms with Gasteiger partial charge in [-0.3, -0.25) is 4.98 Å². The van der Waals surface area contributed by atoms with Gasteiger partial charge in [-0.05, 0) is 17.7 Å². The number of carboxylic acids is 1. The molecule has 0 aliphatic heterocycles. The van der Waals surface area contributed by atoms with E-state index in [1.54, 1.807) is 39.6 Å². The number of quaternary nitrogens is 1. The summed E-state index contributed by atoms with van der Waals surface area (Å²) < 4.78 is 0.419. The van der Waals surface area contributed by atoms with Crippen molar-refractivity contribution in [3.05, 3.63) is 36.7 Å². The van der Waals surface area contributed by atoms with Crippen LogP contribution in [0.5, 0.6) is 0 Å². The average molecular weight is 222 g/mol. The fraction of sp³-hybridized carbons (Fsp3) is 0.333. The standard InChI is InChI=1S/C7H7N.C5H11NO2/c1-2-7-3-5-8-6-4-7;1-6(2,3)4-5(7)8/h2-6H,1H2;4H2,1-3H3. The lowest BCUT2D eigenvalue weighted by molar-refractivity contribution is -0.864. The number of aromatic nitrogens is 1. The largest absolute Gasteiger partial charge is 0.544 e. The van der Waals surface area contributed by atoms with Crippen LogP contribution < -0.4 is 5.11 Å². The van der Waals surface area contributed by atoms with Gasteiger partial charge in [-0.2, -0.15) is 0 Å². The van der Waals surface area contributed by atoms with Gasteiger partial charge < -0.3 is 14.4 Å². The zero-order chi connectivity index (χ0) is 12.6. The molecule has 0 fully saturated rings. The van der Waals surface area contributed by atoms with Crippen LogP contribution in [0.25, 0.3) is 6.08 Å². The van der Waals surface area contributed by atoms with Gasteiger partial charge in [0.25, 0.3) is 0 Å². The summed E-state index contributed by atoms with van der Waals surface area (Å²) in [4.78, 5) is 13.7. The molecule has 0 spiro atoms. The van der Waals surface area contributed by atoms with Crippen LogP contribution in [0.4, 0.5) is 0 Å². The van der Waals surface area contributed by atoms with Crippen LogP contribution >= 0.6 is 0 Å². The lowest BCUT2D eigenvalue weighted by Gasteiger charge is -2.23. The van der Waals surface area contributed by atoms with Crippen molar-refractivity contribution < 1.29 is 14.4 Å². The molecule has 16 heavy (non-hydrogen) atoms. The number of hydrogen-bond donors (Lipinski definition) is 0. The molecule has 4 nitrogen and oxygen atoms in total. The Morgan fingerprint density at radius 2 is 1.94 bits per heavy atom. The maximum atomic E-state index is 9.89. The van der Waals surface area contributed by atoms with Crippen molar-refractivity contribution in [1.29, 1.82) is 0 Å². The second kappa shape index (κ2) is 6.74. The number of carbonyl (C=O) groups excluding carboxylic acids is 1. The van der Waals surface area contributed by atoms with Crippen LogP contribution in [-0.2, 0) is 4.79 Å². The minimum absolute atomic E-state index is 0.0694. The number of hydrogen-bond acceptors (Lipinski definition) is 3. The van der Waals surface area contributed by atoms with Crippen LogP contribution in [0.3, 0.4) is 0 Å². The summed E-state index contributed by atoms with van der Waals surface area (Å²) in [5, 5.41) is 9.89. The maximum absolute atomic E-state index is 9.89. The number of pyridine rings is 1. The molecule has 88 valence electrons. The summed E-state index contributed by atoms with van der Waals surface area (Å²) in [6.45, 7) is 3.67. The van der Waals surface area contributed by atoms with Crippen molar-refractivity contribution in [1.82, 2.24) is 4.98 Å². The first-order valence-electron chi connectivity index (χ1n) is 4.88. The Labute approximate surface area is 96.4 Å². The smallest absolute Gasteiger partial charge is 0.118 e. The fourth-order valence-electron chi connectivity index (χ4n) is 0.887. The fourth-order valence-corrected chi connectivity index (χ4v) is 0.887. The number of aliphatic carboxylic acids is 1. The number of rotatable bonds is 3. The molecule has 1 aromatic heterocycles. The molecule has 0 unspecified atom stereocenters. The summed E-state index contributed by atoms with van der Waals surface area (Å²) in [6, 6.07) is 3.82. The number of likely N-dealkylation sites (N-methyl/N-ethyl adjacent to an activating group) is 1. The molecule has 0 aromatic carbocycles. The molecule has 0 bridgehead atoms. The third-order valence-electron chi connectivity index (χ3n) is 1.55. The molecule has 0 N–H and O–H groups in total. The third-order valence-corrected chi connectivity index (χ3v) is 1.55. The second-order valence-electron chi connectivity index (χ2n) is 4.31. The molecule has 1 heterocycles. The Hall–Kier alpha value is -1.68. The van der Waals surface area contributed by atoms with Crippen LogP contribution in [0.15, 0.2) is 31.1 Å². The molecule has 0 aliphatic rings. The minimum atomic E-state index is -1.00. The molecule has 0 saturated carbocycles. The molecule has 0 aliphatic carbocycles. The van der Waals surface area contributed by atoms with E-state index in [0.717, 1.165) is 5.56 Å². The van der Waals surface area contributed by atoms with Gasteiger partial charge in [0, 0.05) is 12.4 Å². The number of carbonyl (C=O) groups is 1. The monoisotopic (exact) mass is 222 g/mol. The first-order chi connectivity index (χ1) is 7.35. The maximum Gasteiger partial charge on any atom is 0.118 e. The van der Waals surface area contributed by atoms with Gasteiger partial charge in [-0.25, -0.2) is 0 Å². The third kappa shape index (κ3) is 8.90. The predicted molar refractivity (Wildman–Crippen MR) is 62.2 cm³/mol.